The number of nitrogens with two attached hydrogens (primary N) is 1. The molecule has 3 N–H and O–H groups in total. The fourth-order valence-corrected chi connectivity index (χ4v) is 2.20. The van der Waals surface area contributed by atoms with E-state index in [2.05, 4.69) is 13.8 Å². The molecule has 2 rings (SSSR count). The Morgan fingerprint density at radius 1 is 1.53 bits per heavy atom. The van der Waals surface area contributed by atoms with E-state index in [-0.39, 0.29) is 17.3 Å². The molecule has 82 valence electrons. The van der Waals surface area contributed by atoms with Crippen LogP contribution in [0.4, 0.5) is 0 Å². The van der Waals surface area contributed by atoms with E-state index in [1.165, 1.54) is 0 Å². The van der Waals surface area contributed by atoms with Crippen LogP contribution in [0.3, 0.4) is 0 Å². The van der Waals surface area contributed by atoms with E-state index >= 15 is 0 Å². The van der Waals surface area contributed by atoms with Crippen LogP contribution in [0, 0.1) is 0 Å². The number of benzene rings is 1. The maximum absolute atomic E-state index is 9.44. The van der Waals surface area contributed by atoms with Gasteiger partial charge in [-0.15, -0.1) is 0 Å². The van der Waals surface area contributed by atoms with Crippen molar-refractivity contribution in [2.75, 3.05) is 6.54 Å². The van der Waals surface area contributed by atoms with Crippen LogP contribution in [0.2, 0.25) is 0 Å². The summed E-state index contributed by atoms with van der Waals surface area (Å²) in [5, 5.41) is 9.44. The van der Waals surface area contributed by atoms with Crippen molar-refractivity contribution in [3.05, 3.63) is 23.8 Å². The van der Waals surface area contributed by atoms with E-state index in [4.69, 9.17) is 10.5 Å². The highest BCUT2D eigenvalue weighted by Crippen LogP contribution is 2.41. The lowest BCUT2D eigenvalue weighted by Gasteiger charge is -2.37. The zero-order valence-corrected chi connectivity index (χ0v) is 9.16. The average Bonchev–Trinajstić information content (AvgIpc) is 2.16. The predicted octanol–water partition coefficient (Wildman–Crippen LogP) is 2.00. The summed E-state index contributed by atoms with van der Waals surface area (Å²) in [5.74, 6) is 1.39. The molecule has 3 nitrogen and oxygen atoms in total. The molecule has 0 bridgehead atoms. The van der Waals surface area contributed by atoms with Crippen molar-refractivity contribution < 1.29 is 9.84 Å². The van der Waals surface area contributed by atoms with Crippen LogP contribution < -0.4 is 10.5 Å². The van der Waals surface area contributed by atoms with Gasteiger partial charge in [0.15, 0.2) is 0 Å². The summed E-state index contributed by atoms with van der Waals surface area (Å²) in [6.45, 7) is 4.71. The quantitative estimate of drug-likeness (QED) is 0.740. The summed E-state index contributed by atoms with van der Waals surface area (Å²) < 4.78 is 5.84. The highest BCUT2D eigenvalue weighted by Gasteiger charge is 2.32. The van der Waals surface area contributed by atoms with E-state index in [0.29, 0.717) is 6.54 Å². The van der Waals surface area contributed by atoms with Crippen LogP contribution in [0.1, 0.15) is 31.7 Å². The molecule has 15 heavy (non-hydrogen) atoms. The molecule has 0 aromatic heterocycles. The van der Waals surface area contributed by atoms with Crippen molar-refractivity contribution in [2.45, 2.75) is 31.8 Å². The second-order valence-corrected chi connectivity index (χ2v) is 4.72. The van der Waals surface area contributed by atoms with Gasteiger partial charge in [-0.1, -0.05) is 0 Å². The normalized spacial score (nSPS) is 23.0. The second-order valence-electron chi connectivity index (χ2n) is 4.72. The third-order valence-electron chi connectivity index (χ3n) is 2.84. The van der Waals surface area contributed by atoms with Gasteiger partial charge in [-0.05, 0) is 45.0 Å². The van der Waals surface area contributed by atoms with Crippen molar-refractivity contribution in [3.8, 4) is 11.5 Å². The molecule has 3 heteroatoms. The van der Waals surface area contributed by atoms with Crippen LogP contribution in [0.5, 0.6) is 11.5 Å². The topological polar surface area (TPSA) is 55.5 Å². The number of phenolic OH excluding ortho intramolecular Hbond substituents is 1. The number of hydrogen-bond acceptors (Lipinski definition) is 3. The van der Waals surface area contributed by atoms with Crippen molar-refractivity contribution >= 4 is 0 Å². The van der Waals surface area contributed by atoms with Gasteiger partial charge in [-0.3, -0.25) is 0 Å². The molecule has 1 atom stereocenters. The summed E-state index contributed by atoms with van der Waals surface area (Å²) in [7, 11) is 0. The van der Waals surface area contributed by atoms with E-state index in [1.807, 2.05) is 6.07 Å². The highest BCUT2D eigenvalue weighted by molar-refractivity contribution is 5.44. The number of ether oxygens (including phenoxy) is 1. The third-order valence-corrected chi connectivity index (χ3v) is 2.84. The molecule has 0 spiro atoms. The number of aromatic hydroxyl groups is 1. The average molecular weight is 207 g/mol. The molecule has 0 radical (unpaired) electrons. The van der Waals surface area contributed by atoms with Crippen molar-refractivity contribution in [3.63, 3.8) is 0 Å². The van der Waals surface area contributed by atoms with Crippen molar-refractivity contribution in [2.24, 2.45) is 5.73 Å². The lowest BCUT2D eigenvalue weighted by Crippen LogP contribution is -2.36. The van der Waals surface area contributed by atoms with E-state index in [0.717, 1.165) is 17.7 Å². The van der Waals surface area contributed by atoms with Gasteiger partial charge in [-0.2, -0.15) is 0 Å². The van der Waals surface area contributed by atoms with Gasteiger partial charge < -0.3 is 15.6 Å². The zero-order chi connectivity index (χ0) is 11.1. The molecular formula is C12H17NO2. The molecule has 1 aliphatic rings. The first-order chi connectivity index (χ1) is 7.02. The van der Waals surface area contributed by atoms with Crippen molar-refractivity contribution in [1.82, 2.24) is 0 Å². The fourth-order valence-electron chi connectivity index (χ4n) is 2.20. The summed E-state index contributed by atoms with van der Waals surface area (Å²) in [6.07, 6.45) is 0.889. The Morgan fingerprint density at radius 3 is 2.93 bits per heavy atom. The summed E-state index contributed by atoms with van der Waals surface area (Å²) >= 11 is 0. The first kappa shape index (κ1) is 10.3. The van der Waals surface area contributed by atoms with Gasteiger partial charge in [0.25, 0.3) is 0 Å². The Kier molecular flexibility index (Phi) is 2.35. The summed E-state index contributed by atoms with van der Waals surface area (Å²) in [4.78, 5) is 0. The first-order valence-corrected chi connectivity index (χ1v) is 5.24. The van der Waals surface area contributed by atoms with E-state index in [9.17, 15) is 5.11 Å². The van der Waals surface area contributed by atoms with Crippen LogP contribution in [-0.2, 0) is 0 Å². The largest absolute Gasteiger partial charge is 0.508 e. The van der Waals surface area contributed by atoms with Crippen LogP contribution >= 0.6 is 0 Å². The number of phenols is 1. The van der Waals surface area contributed by atoms with Crippen LogP contribution in [0.25, 0.3) is 0 Å². The Bertz CT molecular complexity index is 374. The van der Waals surface area contributed by atoms with Crippen LogP contribution in [-0.4, -0.2) is 17.3 Å². The number of hydrogen-bond donors (Lipinski definition) is 2. The molecule has 0 fully saturated rings. The molecule has 1 unspecified atom stereocenters. The maximum atomic E-state index is 9.44. The third kappa shape index (κ3) is 1.92. The minimum Gasteiger partial charge on any atom is -0.508 e. The molecule has 0 saturated carbocycles. The standard InChI is InChI=1S/C12H17NO2/c1-12(2)6-8(7-13)10-5-9(14)3-4-11(10)15-12/h3-5,8,14H,6-7,13H2,1-2H3. The minimum absolute atomic E-state index is 0.173. The van der Waals surface area contributed by atoms with Gasteiger partial charge in [0, 0.05) is 11.5 Å². The monoisotopic (exact) mass is 207 g/mol. The maximum Gasteiger partial charge on any atom is 0.123 e. The molecule has 0 aliphatic carbocycles. The number of rotatable bonds is 1. The van der Waals surface area contributed by atoms with Crippen molar-refractivity contribution in [1.29, 1.82) is 0 Å². The Hall–Kier alpha value is -1.22. The molecular weight excluding hydrogens is 190 g/mol. The SMILES string of the molecule is CC1(C)CC(CN)c2cc(O)ccc2O1. The fraction of sp³-hybridized carbons (Fsp3) is 0.500. The molecule has 0 saturated heterocycles. The van der Waals surface area contributed by atoms with Gasteiger partial charge in [-0.25, -0.2) is 0 Å². The van der Waals surface area contributed by atoms with E-state index < -0.39 is 0 Å². The first-order valence-electron chi connectivity index (χ1n) is 5.24. The molecule has 0 amide bonds. The van der Waals surface area contributed by atoms with Gasteiger partial charge in [0.1, 0.15) is 17.1 Å². The summed E-state index contributed by atoms with van der Waals surface area (Å²) in [5.41, 5.74) is 6.60. The second kappa shape index (κ2) is 3.42. The number of fused-ring (bicyclic) bond motifs is 1. The Morgan fingerprint density at radius 2 is 2.27 bits per heavy atom. The zero-order valence-electron chi connectivity index (χ0n) is 9.16. The molecule has 1 aromatic rings. The lowest BCUT2D eigenvalue weighted by atomic mass is 9.84. The molecule has 1 aliphatic heterocycles. The minimum atomic E-state index is -0.173. The summed E-state index contributed by atoms with van der Waals surface area (Å²) in [6, 6.07) is 5.21. The van der Waals surface area contributed by atoms with E-state index in [1.54, 1.807) is 12.1 Å². The smallest absolute Gasteiger partial charge is 0.123 e. The Balaban J connectivity index is 2.44. The predicted molar refractivity (Wildman–Crippen MR) is 59.2 cm³/mol. The van der Waals surface area contributed by atoms with Gasteiger partial charge >= 0.3 is 0 Å². The lowest BCUT2D eigenvalue weighted by molar-refractivity contribution is 0.0729. The highest BCUT2D eigenvalue weighted by atomic mass is 16.5. The van der Waals surface area contributed by atoms with Gasteiger partial charge in [0.2, 0.25) is 0 Å². The van der Waals surface area contributed by atoms with Crippen LogP contribution in [0.15, 0.2) is 18.2 Å². The molecule has 1 heterocycles. The Labute approximate surface area is 89.9 Å². The van der Waals surface area contributed by atoms with Gasteiger partial charge in [0.05, 0.1) is 0 Å². The molecule has 1 aromatic carbocycles.